The van der Waals surface area contributed by atoms with E-state index in [1.807, 2.05) is 0 Å². The van der Waals surface area contributed by atoms with E-state index in [1.54, 1.807) is 7.05 Å². The van der Waals surface area contributed by atoms with Crippen LogP contribution < -0.4 is 5.73 Å². The zero-order valence-corrected chi connectivity index (χ0v) is 9.89. The summed E-state index contributed by atoms with van der Waals surface area (Å²) in [4.78, 5) is 1.33. The first kappa shape index (κ1) is 11.9. The Hall–Kier alpha value is -1.53. The van der Waals surface area contributed by atoms with Crippen LogP contribution in [0.3, 0.4) is 0 Å². The van der Waals surface area contributed by atoms with Crippen molar-refractivity contribution < 1.29 is 4.39 Å². The van der Waals surface area contributed by atoms with Crippen molar-refractivity contribution in [1.29, 1.82) is 0 Å². The minimum atomic E-state index is -0.544. The van der Waals surface area contributed by atoms with Crippen LogP contribution in [0.15, 0.2) is 18.2 Å². The lowest BCUT2D eigenvalue weighted by Gasteiger charge is -2.10. The Morgan fingerprint density at radius 2 is 2.29 bits per heavy atom. The normalized spacial score (nSPS) is 12.7. The molecule has 2 aromatic rings. The summed E-state index contributed by atoms with van der Waals surface area (Å²) in [6.45, 7) is 0. The molecule has 0 aliphatic carbocycles. The molecular formula is C10H11ClFN5. The van der Waals surface area contributed by atoms with Crippen molar-refractivity contribution in [3.05, 3.63) is 40.4 Å². The van der Waals surface area contributed by atoms with Crippen LogP contribution in [-0.2, 0) is 13.5 Å². The Bertz CT molecular complexity index is 527. The number of hydrogen-bond acceptors (Lipinski definition) is 4. The number of halogens is 2. The molecule has 0 saturated heterocycles. The third-order valence-corrected chi connectivity index (χ3v) is 2.54. The highest BCUT2D eigenvalue weighted by Gasteiger charge is 2.15. The van der Waals surface area contributed by atoms with Gasteiger partial charge in [0.25, 0.3) is 0 Å². The number of benzene rings is 1. The Balaban J connectivity index is 2.19. The first-order valence-corrected chi connectivity index (χ1v) is 5.37. The third kappa shape index (κ3) is 2.78. The average molecular weight is 256 g/mol. The van der Waals surface area contributed by atoms with Crippen LogP contribution in [0, 0.1) is 5.82 Å². The smallest absolute Gasteiger partial charge is 0.176 e. The van der Waals surface area contributed by atoms with E-state index >= 15 is 0 Å². The maximum Gasteiger partial charge on any atom is 0.176 e. The molecule has 0 bridgehead atoms. The van der Waals surface area contributed by atoms with Gasteiger partial charge in [0, 0.05) is 23.0 Å². The van der Waals surface area contributed by atoms with Crippen molar-refractivity contribution in [1.82, 2.24) is 20.2 Å². The Morgan fingerprint density at radius 3 is 2.94 bits per heavy atom. The molecule has 1 atom stereocenters. The van der Waals surface area contributed by atoms with Gasteiger partial charge in [0.1, 0.15) is 5.82 Å². The number of aryl methyl sites for hydroxylation is 1. The van der Waals surface area contributed by atoms with Crippen molar-refractivity contribution in [2.45, 2.75) is 12.5 Å². The third-order valence-electron chi connectivity index (χ3n) is 2.31. The second-order valence-electron chi connectivity index (χ2n) is 3.67. The van der Waals surface area contributed by atoms with Crippen molar-refractivity contribution in [2.75, 3.05) is 0 Å². The number of nitrogens with zero attached hydrogens (tertiary/aromatic N) is 4. The van der Waals surface area contributed by atoms with Gasteiger partial charge in [-0.25, -0.2) is 4.39 Å². The fraction of sp³-hybridized carbons (Fsp3) is 0.300. The van der Waals surface area contributed by atoms with Crippen LogP contribution in [0.2, 0.25) is 5.02 Å². The predicted octanol–water partition coefficient (Wildman–Crippen LogP) is 1.25. The molecule has 0 amide bonds. The summed E-state index contributed by atoms with van der Waals surface area (Å²) < 4.78 is 13.5. The zero-order valence-electron chi connectivity index (χ0n) is 9.14. The van der Waals surface area contributed by atoms with Crippen molar-refractivity contribution in [2.24, 2.45) is 12.8 Å². The average Bonchev–Trinajstić information content (AvgIpc) is 2.67. The first-order valence-electron chi connectivity index (χ1n) is 4.99. The Morgan fingerprint density at radius 1 is 1.53 bits per heavy atom. The lowest BCUT2D eigenvalue weighted by atomic mass is 10.0. The molecule has 90 valence electrons. The van der Waals surface area contributed by atoms with E-state index in [0.29, 0.717) is 22.8 Å². The van der Waals surface area contributed by atoms with Gasteiger partial charge in [-0.1, -0.05) is 11.6 Å². The molecule has 0 radical (unpaired) electrons. The van der Waals surface area contributed by atoms with Gasteiger partial charge in [-0.2, -0.15) is 4.80 Å². The molecule has 0 aliphatic rings. The molecule has 2 rings (SSSR count). The van der Waals surface area contributed by atoms with Crippen molar-refractivity contribution in [3.63, 3.8) is 0 Å². The number of hydrogen-bond donors (Lipinski definition) is 1. The van der Waals surface area contributed by atoms with Crippen molar-refractivity contribution >= 4 is 11.6 Å². The largest absolute Gasteiger partial charge is 0.323 e. The number of aromatic nitrogens is 4. The molecule has 0 saturated carbocycles. The van der Waals surface area contributed by atoms with E-state index in [9.17, 15) is 4.39 Å². The SMILES string of the molecule is Cn1nnc(CC(N)c2cc(Cl)ccc2F)n1. The number of rotatable bonds is 3. The van der Waals surface area contributed by atoms with E-state index in [1.165, 1.54) is 23.0 Å². The summed E-state index contributed by atoms with van der Waals surface area (Å²) in [6, 6.07) is 3.74. The monoisotopic (exact) mass is 255 g/mol. The topological polar surface area (TPSA) is 69.6 Å². The number of tetrazole rings is 1. The highest BCUT2D eigenvalue weighted by atomic mass is 35.5. The molecule has 1 aromatic carbocycles. The van der Waals surface area contributed by atoms with Gasteiger partial charge in [-0.15, -0.1) is 10.2 Å². The highest BCUT2D eigenvalue weighted by molar-refractivity contribution is 6.30. The van der Waals surface area contributed by atoms with Gasteiger partial charge in [-0.05, 0) is 23.4 Å². The molecule has 1 heterocycles. The van der Waals surface area contributed by atoms with Crippen LogP contribution in [0.25, 0.3) is 0 Å². The molecular weight excluding hydrogens is 245 g/mol. The van der Waals surface area contributed by atoms with Crippen LogP contribution in [0.5, 0.6) is 0 Å². The molecule has 0 spiro atoms. The van der Waals surface area contributed by atoms with Crippen LogP contribution in [0.1, 0.15) is 17.4 Å². The minimum Gasteiger partial charge on any atom is -0.323 e. The van der Waals surface area contributed by atoms with Gasteiger partial charge in [0.15, 0.2) is 5.82 Å². The zero-order chi connectivity index (χ0) is 12.4. The molecule has 2 N–H and O–H groups in total. The van der Waals surface area contributed by atoms with Crippen LogP contribution in [0.4, 0.5) is 4.39 Å². The van der Waals surface area contributed by atoms with Gasteiger partial charge >= 0.3 is 0 Å². The Labute approximate surface area is 102 Å². The summed E-state index contributed by atoms with van der Waals surface area (Å²) >= 11 is 5.80. The van der Waals surface area contributed by atoms with E-state index in [-0.39, 0.29) is 5.82 Å². The van der Waals surface area contributed by atoms with Crippen LogP contribution in [-0.4, -0.2) is 20.2 Å². The summed E-state index contributed by atoms with van der Waals surface area (Å²) in [7, 11) is 1.65. The van der Waals surface area contributed by atoms with E-state index in [2.05, 4.69) is 15.4 Å². The fourth-order valence-corrected chi connectivity index (χ4v) is 1.69. The van der Waals surface area contributed by atoms with E-state index in [0.717, 1.165) is 0 Å². The second-order valence-corrected chi connectivity index (χ2v) is 4.11. The van der Waals surface area contributed by atoms with Gasteiger partial charge in [-0.3, -0.25) is 0 Å². The lowest BCUT2D eigenvalue weighted by Crippen LogP contribution is -2.16. The summed E-state index contributed by atoms with van der Waals surface area (Å²) in [5.41, 5.74) is 6.24. The van der Waals surface area contributed by atoms with Crippen LogP contribution >= 0.6 is 11.6 Å². The quantitative estimate of drug-likeness (QED) is 0.896. The summed E-state index contributed by atoms with van der Waals surface area (Å²) in [5.74, 6) is 0.0881. The molecule has 0 fully saturated rings. The van der Waals surface area contributed by atoms with Gasteiger partial charge in [0.05, 0.1) is 7.05 Å². The fourth-order valence-electron chi connectivity index (χ4n) is 1.51. The predicted molar refractivity (Wildman–Crippen MR) is 60.8 cm³/mol. The standard InChI is InChI=1S/C10H11ClFN5/c1-17-15-10(14-16-17)5-9(13)7-4-6(11)2-3-8(7)12/h2-4,9H,5,13H2,1H3. The summed E-state index contributed by atoms with van der Waals surface area (Å²) in [5, 5.41) is 11.9. The van der Waals surface area contributed by atoms with E-state index in [4.69, 9.17) is 17.3 Å². The lowest BCUT2D eigenvalue weighted by molar-refractivity contribution is 0.573. The Kier molecular flexibility index (Phi) is 3.35. The first-order chi connectivity index (χ1) is 8.06. The molecule has 7 heteroatoms. The molecule has 1 aromatic heterocycles. The molecule has 1 unspecified atom stereocenters. The molecule has 5 nitrogen and oxygen atoms in total. The highest BCUT2D eigenvalue weighted by Crippen LogP contribution is 2.21. The van der Waals surface area contributed by atoms with E-state index < -0.39 is 6.04 Å². The maximum absolute atomic E-state index is 13.5. The van der Waals surface area contributed by atoms with Gasteiger partial charge in [0.2, 0.25) is 0 Å². The summed E-state index contributed by atoms with van der Waals surface area (Å²) in [6.07, 6.45) is 0.311. The maximum atomic E-state index is 13.5. The molecule has 0 aliphatic heterocycles. The van der Waals surface area contributed by atoms with Gasteiger partial charge < -0.3 is 5.73 Å². The van der Waals surface area contributed by atoms with Crippen molar-refractivity contribution in [3.8, 4) is 0 Å². The molecule has 17 heavy (non-hydrogen) atoms. The minimum absolute atomic E-state index is 0.311. The number of nitrogens with two attached hydrogens (primary N) is 1. The second kappa shape index (κ2) is 4.77.